The standard InChI is InChI=1S/C8H2F5N3O2/c9-7(10)3-2-15-4(1-14)5(8(11,12)13)6(3)16(17)18/h2,7H. The molecule has 0 saturated heterocycles. The molecule has 0 bridgehead atoms. The maximum Gasteiger partial charge on any atom is 0.425 e. The van der Waals surface area contributed by atoms with Crippen molar-refractivity contribution in [2.24, 2.45) is 0 Å². The second-order valence-electron chi connectivity index (χ2n) is 2.95. The van der Waals surface area contributed by atoms with E-state index in [1.165, 1.54) is 0 Å². The van der Waals surface area contributed by atoms with Crippen molar-refractivity contribution < 1.29 is 26.9 Å². The summed E-state index contributed by atoms with van der Waals surface area (Å²) in [5.41, 5.74) is -6.71. The van der Waals surface area contributed by atoms with Gasteiger partial charge in [0.1, 0.15) is 11.6 Å². The molecule has 1 heterocycles. The summed E-state index contributed by atoms with van der Waals surface area (Å²) in [6, 6.07) is 0.983. The van der Waals surface area contributed by atoms with Gasteiger partial charge in [-0.1, -0.05) is 0 Å². The minimum atomic E-state index is -5.33. The SMILES string of the molecule is N#Cc1ncc(C(F)F)c([N+](=O)[O-])c1C(F)(F)F. The van der Waals surface area contributed by atoms with Gasteiger partial charge < -0.3 is 0 Å². The molecule has 10 heteroatoms. The Kier molecular flexibility index (Phi) is 3.45. The lowest BCUT2D eigenvalue weighted by Crippen LogP contribution is -2.15. The van der Waals surface area contributed by atoms with Gasteiger partial charge in [-0.2, -0.15) is 18.4 Å². The maximum absolute atomic E-state index is 12.6. The van der Waals surface area contributed by atoms with Gasteiger partial charge in [-0.25, -0.2) is 13.8 Å². The van der Waals surface area contributed by atoms with E-state index < -0.39 is 40.0 Å². The molecule has 0 N–H and O–H groups in total. The highest BCUT2D eigenvalue weighted by molar-refractivity contribution is 5.54. The Morgan fingerprint density at radius 1 is 1.44 bits per heavy atom. The molecule has 0 aliphatic rings. The summed E-state index contributed by atoms with van der Waals surface area (Å²) in [4.78, 5) is 11.8. The van der Waals surface area contributed by atoms with Crippen LogP contribution in [0, 0.1) is 21.4 Å². The van der Waals surface area contributed by atoms with Gasteiger partial charge in [0.15, 0.2) is 11.3 Å². The number of pyridine rings is 1. The predicted octanol–water partition coefficient (Wildman–Crippen LogP) is 2.82. The van der Waals surface area contributed by atoms with E-state index in [4.69, 9.17) is 5.26 Å². The minimum Gasteiger partial charge on any atom is -0.258 e. The highest BCUT2D eigenvalue weighted by Gasteiger charge is 2.45. The molecule has 0 fully saturated rings. The Bertz CT molecular complexity index is 535. The fourth-order valence-electron chi connectivity index (χ4n) is 1.23. The van der Waals surface area contributed by atoms with Gasteiger partial charge in [0.2, 0.25) is 0 Å². The number of nitriles is 1. The number of hydrogen-bond acceptors (Lipinski definition) is 4. The molecular weight excluding hydrogens is 265 g/mol. The number of hydrogen-bond donors (Lipinski definition) is 0. The van der Waals surface area contributed by atoms with Crippen molar-refractivity contribution in [3.63, 3.8) is 0 Å². The summed E-state index contributed by atoms with van der Waals surface area (Å²) in [5, 5.41) is 18.9. The van der Waals surface area contributed by atoms with Crippen molar-refractivity contribution >= 4 is 5.69 Å². The topological polar surface area (TPSA) is 79.8 Å². The van der Waals surface area contributed by atoms with Crippen LogP contribution in [0.4, 0.5) is 27.6 Å². The normalized spacial score (nSPS) is 11.4. The first-order valence-corrected chi connectivity index (χ1v) is 4.12. The van der Waals surface area contributed by atoms with Crippen LogP contribution in [0.25, 0.3) is 0 Å². The Labute approximate surface area is 95.6 Å². The van der Waals surface area contributed by atoms with Crippen LogP contribution in [-0.4, -0.2) is 9.91 Å². The Morgan fingerprint density at radius 2 is 2.00 bits per heavy atom. The average Bonchev–Trinajstić information content (AvgIpc) is 2.25. The molecule has 0 aromatic carbocycles. The summed E-state index contributed by atoms with van der Waals surface area (Å²) in [6.45, 7) is 0. The van der Waals surface area contributed by atoms with Gasteiger partial charge in [-0.05, 0) is 0 Å². The molecule has 1 rings (SSSR count). The van der Waals surface area contributed by atoms with Crippen LogP contribution >= 0.6 is 0 Å². The number of alkyl halides is 5. The van der Waals surface area contributed by atoms with Gasteiger partial charge in [0, 0.05) is 6.20 Å². The molecule has 0 radical (unpaired) electrons. The number of aromatic nitrogens is 1. The van der Waals surface area contributed by atoms with Crippen molar-refractivity contribution in [1.29, 1.82) is 5.26 Å². The zero-order valence-electron chi connectivity index (χ0n) is 8.20. The minimum absolute atomic E-state index is 0.191. The van der Waals surface area contributed by atoms with Crippen LogP contribution in [0.2, 0.25) is 0 Å². The number of halogens is 5. The molecule has 96 valence electrons. The predicted molar refractivity (Wildman–Crippen MR) is 45.6 cm³/mol. The molecule has 0 spiro atoms. The van der Waals surface area contributed by atoms with Crippen LogP contribution in [0.1, 0.15) is 23.2 Å². The molecule has 0 aliphatic carbocycles. The fourth-order valence-corrected chi connectivity index (χ4v) is 1.23. The number of rotatable bonds is 2. The highest BCUT2D eigenvalue weighted by Crippen LogP contribution is 2.41. The first-order valence-electron chi connectivity index (χ1n) is 4.12. The van der Waals surface area contributed by atoms with Gasteiger partial charge in [-0.3, -0.25) is 10.1 Å². The molecule has 18 heavy (non-hydrogen) atoms. The van der Waals surface area contributed by atoms with Crippen LogP contribution < -0.4 is 0 Å². The van der Waals surface area contributed by atoms with E-state index >= 15 is 0 Å². The lowest BCUT2D eigenvalue weighted by molar-refractivity contribution is -0.389. The van der Waals surface area contributed by atoms with Gasteiger partial charge in [0.25, 0.3) is 12.1 Å². The van der Waals surface area contributed by atoms with E-state index in [0.29, 0.717) is 0 Å². The summed E-state index contributed by atoms with van der Waals surface area (Å²) in [5.74, 6) is 0. The van der Waals surface area contributed by atoms with E-state index in [2.05, 4.69) is 4.98 Å². The molecule has 0 atom stereocenters. The lowest BCUT2D eigenvalue weighted by Gasteiger charge is -2.11. The lowest BCUT2D eigenvalue weighted by atomic mass is 10.1. The van der Waals surface area contributed by atoms with Gasteiger partial charge in [-0.15, -0.1) is 0 Å². The van der Waals surface area contributed by atoms with Crippen molar-refractivity contribution in [2.75, 3.05) is 0 Å². The molecule has 1 aromatic heterocycles. The van der Waals surface area contributed by atoms with Crippen molar-refractivity contribution in [3.8, 4) is 6.07 Å². The molecule has 0 aliphatic heterocycles. The first-order chi connectivity index (χ1) is 8.20. The zero-order chi connectivity index (χ0) is 14.1. The third-order valence-corrected chi connectivity index (χ3v) is 1.89. The Balaban J connectivity index is 3.78. The van der Waals surface area contributed by atoms with Crippen molar-refractivity contribution in [3.05, 3.63) is 33.1 Å². The molecule has 0 unspecified atom stereocenters. The largest absolute Gasteiger partial charge is 0.425 e. The van der Waals surface area contributed by atoms with E-state index in [1.807, 2.05) is 0 Å². The molecule has 0 amide bonds. The molecular formula is C8H2F5N3O2. The molecule has 5 nitrogen and oxygen atoms in total. The van der Waals surface area contributed by atoms with Crippen LogP contribution in [-0.2, 0) is 6.18 Å². The first kappa shape index (κ1) is 13.8. The summed E-state index contributed by atoms with van der Waals surface area (Å²) in [6.07, 6.45) is -8.64. The molecule has 1 aromatic rings. The van der Waals surface area contributed by atoms with E-state index in [-0.39, 0.29) is 6.20 Å². The zero-order valence-corrected chi connectivity index (χ0v) is 8.20. The van der Waals surface area contributed by atoms with Crippen LogP contribution in [0.15, 0.2) is 6.20 Å². The van der Waals surface area contributed by atoms with Crippen molar-refractivity contribution in [2.45, 2.75) is 12.6 Å². The van der Waals surface area contributed by atoms with Crippen molar-refractivity contribution in [1.82, 2.24) is 4.98 Å². The highest BCUT2D eigenvalue weighted by atomic mass is 19.4. The second-order valence-corrected chi connectivity index (χ2v) is 2.95. The van der Waals surface area contributed by atoms with Crippen LogP contribution in [0.3, 0.4) is 0 Å². The van der Waals surface area contributed by atoms with Gasteiger partial charge >= 0.3 is 6.18 Å². The summed E-state index contributed by atoms with van der Waals surface area (Å²) >= 11 is 0. The van der Waals surface area contributed by atoms with E-state index in [0.717, 1.165) is 6.07 Å². The molecule has 0 saturated carbocycles. The Morgan fingerprint density at radius 3 is 2.33 bits per heavy atom. The Hall–Kier alpha value is -2.31. The van der Waals surface area contributed by atoms with E-state index in [9.17, 15) is 32.1 Å². The van der Waals surface area contributed by atoms with Crippen LogP contribution in [0.5, 0.6) is 0 Å². The maximum atomic E-state index is 12.6. The quantitative estimate of drug-likeness (QED) is 0.468. The second kappa shape index (κ2) is 4.52. The third-order valence-electron chi connectivity index (χ3n) is 1.89. The number of nitro groups is 1. The fraction of sp³-hybridized carbons (Fsp3) is 0.250. The van der Waals surface area contributed by atoms with E-state index in [1.54, 1.807) is 0 Å². The third kappa shape index (κ3) is 2.34. The monoisotopic (exact) mass is 267 g/mol. The summed E-state index contributed by atoms with van der Waals surface area (Å²) in [7, 11) is 0. The van der Waals surface area contributed by atoms with Gasteiger partial charge in [0.05, 0.1) is 4.92 Å². The average molecular weight is 267 g/mol. The number of nitrogens with zero attached hydrogens (tertiary/aromatic N) is 3. The summed E-state index contributed by atoms with van der Waals surface area (Å²) < 4.78 is 62.5. The smallest absolute Gasteiger partial charge is 0.258 e.